The summed E-state index contributed by atoms with van der Waals surface area (Å²) in [6, 6.07) is 0. The number of carbonyl (C=O) groups excluding carboxylic acids is 4. The Labute approximate surface area is 244 Å². The van der Waals surface area contributed by atoms with E-state index in [1.807, 2.05) is 0 Å². The van der Waals surface area contributed by atoms with Gasteiger partial charge in [-0.1, -0.05) is 0 Å². The van der Waals surface area contributed by atoms with Gasteiger partial charge in [0.1, 0.15) is 18.3 Å². The Bertz CT molecular complexity index is 1010. The molecule has 0 radical (unpaired) electrons. The van der Waals surface area contributed by atoms with Gasteiger partial charge >= 0.3 is 23.9 Å². The van der Waals surface area contributed by atoms with Crippen molar-refractivity contribution < 1.29 is 47.6 Å². The molecule has 0 aromatic heterocycles. The molecule has 7 atom stereocenters. The molecule has 0 N–H and O–H groups in total. The van der Waals surface area contributed by atoms with Crippen LogP contribution in [0.3, 0.4) is 0 Å². The van der Waals surface area contributed by atoms with Crippen molar-refractivity contribution in [3.05, 3.63) is 0 Å². The number of hydrogen-bond acceptors (Lipinski definition) is 10. The van der Waals surface area contributed by atoms with Crippen molar-refractivity contribution in [2.45, 2.75) is 132 Å². The first-order chi connectivity index (χ1) is 18.5. The highest BCUT2D eigenvalue weighted by atomic mass is 16.7. The van der Waals surface area contributed by atoms with Crippen molar-refractivity contribution in [2.24, 2.45) is 27.6 Å². The topological polar surface area (TPSA) is 124 Å². The molecule has 234 valence electrons. The average molecular weight is 583 g/mol. The quantitative estimate of drug-likeness (QED) is 0.340. The lowest BCUT2D eigenvalue weighted by molar-refractivity contribution is -0.275. The van der Waals surface area contributed by atoms with Gasteiger partial charge in [0.2, 0.25) is 0 Å². The first kappa shape index (κ1) is 33.3. The molecule has 3 aliphatic rings. The van der Waals surface area contributed by atoms with E-state index in [0.29, 0.717) is 6.61 Å². The smallest absolute Gasteiger partial charge is 0.311 e. The molecule has 3 rings (SSSR count). The van der Waals surface area contributed by atoms with Gasteiger partial charge in [-0.15, -0.1) is 0 Å². The fourth-order valence-electron chi connectivity index (χ4n) is 4.95. The van der Waals surface area contributed by atoms with E-state index in [1.165, 1.54) is 0 Å². The van der Waals surface area contributed by atoms with Crippen LogP contribution in [0.1, 0.15) is 95.9 Å². The van der Waals surface area contributed by atoms with Gasteiger partial charge in [-0.3, -0.25) is 19.2 Å². The third-order valence-corrected chi connectivity index (χ3v) is 7.57. The van der Waals surface area contributed by atoms with Crippen LogP contribution in [0.5, 0.6) is 0 Å². The second-order valence-corrected chi connectivity index (χ2v) is 15.7. The van der Waals surface area contributed by atoms with Crippen molar-refractivity contribution in [3.63, 3.8) is 0 Å². The maximum atomic E-state index is 13.4. The van der Waals surface area contributed by atoms with E-state index in [2.05, 4.69) is 0 Å². The Hall–Kier alpha value is -2.20. The number of esters is 4. The molecule has 10 heteroatoms. The fraction of sp³-hybridized carbons (Fsp3) is 0.871. The first-order valence-corrected chi connectivity index (χ1v) is 14.6. The van der Waals surface area contributed by atoms with E-state index in [4.69, 9.17) is 28.4 Å². The van der Waals surface area contributed by atoms with E-state index in [1.54, 1.807) is 83.1 Å². The summed E-state index contributed by atoms with van der Waals surface area (Å²) >= 11 is 0. The Balaban J connectivity index is 2.14. The van der Waals surface area contributed by atoms with Crippen molar-refractivity contribution in [3.8, 4) is 0 Å². The number of rotatable bonds is 5. The maximum absolute atomic E-state index is 13.4. The van der Waals surface area contributed by atoms with Gasteiger partial charge in [-0.05, 0) is 95.9 Å². The van der Waals surface area contributed by atoms with E-state index in [0.717, 1.165) is 12.8 Å². The second-order valence-electron chi connectivity index (χ2n) is 15.7. The van der Waals surface area contributed by atoms with Crippen LogP contribution in [0, 0.1) is 27.6 Å². The van der Waals surface area contributed by atoms with Gasteiger partial charge in [0.25, 0.3) is 0 Å². The lowest BCUT2D eigenvalue weighted by Crippen LogP contribution is -2.66. The summed E-state index contributed by atoms with van der Waals surface area (Å²) in [4.78, 5) is 52.8. The summed E-state index contributed by atoms with van der Waals surface area (Å²) in [6.45, 7) is 20.8. The molecule has 10 nitrogen and oxygen atoms in total. The van der Waals surface area contributed by atoms with E-state index in [9.17, 15) is 19.2 Å². The zero-order valence-electron chi connectivity index (χ0n) is 26.9. The van der Waals surface area contributed by atoms with Crippen LogP contribution in [0.15, 0.2) is 0 Å². The summed E-state index contributed by atoms with van der Waals surface area (Å²) in [5.74, 6) is -2.28. The third kappa shape index (κ3) is 7.07. The maximum Gasteiger partial charge on any atom is 0.311 e. The molecule has 0 aromatic rings. The number of hydrogen-bond donors (Lipinski definition) is 0. The summed E-state index contributed by atoms with van der Waals surface area (Å²) in [7, 11) is 0. The largest absolute Gasteiger partial charge is 0.462 e. The highest BCUT2D eigenvalue weighted by Crippen LogP contribution is 2.61. The van der Waals surface area contributed by atoms with E-state index in [-0.39, 0.29) is 12.5 Å². The second kappa shape index (κ2) is 11.1. The minimum Gasteiger partial charge on any atom is -0.462 e. The number of carbonyl (C=O) groups is 4. The molecule has 0 amide bonds. The molecule has 2 heterocycles. The van der Waals surface area contributed by atoms with Crippen LogP contribution in [-0.4, -0.2) is 73.2 Å². The number of fused-ring (bicyclic) bond motifs is 3. The lowest BCUT2D eigenvalue weighted by Gasteiger charge is -2.47. The zero-order chi connectivity index (χ0) is 31.3. The molecule has 1 aliphatic carbocycles. The minimum absolute atomic E-state index is 0.148. The molecular formula is C31H50O10. The summed E-state index contributed by atoms with van der Waals surface area (Å²) in [5.41, 5.74) is -4.65. The Morgan fingerprint density at radius 3 is 1.59 bits per heavy atom. The van der Waals surface area contributed by atoms with Gasteiger partial charge in [-0.25, -0.2) is 0 Å². The molecular weight excluding hydrogens is 532 g/mol. The van der Waals surface area contributed by atoms with Crippen LogP contribution in [-0.2, 0) is 47.6 Å². The minimum atomic E-state index is -1.24. The van der Waals surface area contributed by atoms with Crippen LogP contribution in [0.25, 0.3) is 0 Å². The predicted octanol–water partition coefficient (Wildman–Crippen LogP) is 4.40. The van der Waals surface area contributed by atoms with Crippen molar-refractivity contribution in [1.29, 1.82) is 0 Å². The Morgan fingerprint density at radius 1 is 0.683 bits per heavy atom. The lowest BCUT2D eigenvalue weighted by atomic mass is 9.88. The van der Waals surface area contributed by atoms with Gasteiger partial charge < -0.3 is 28.4 Å². The third-order valence-electron chi connectivity index (χ3n) is 7.57. The summed E-state index contributed by atoms with van der Waals surface area (Å²) in [6.07, 6.45) is -3.50. The van der Waals surface area contributed by atoms with Gasteiger partial charge in [0.15, 0.2) is 18.3 Å². The normalized spacial score (nSPS) is 32.0. The molecule has 1 saturated carbocycles. The standard InChI is InChI=1S/C31H50O10/c1-27(2,3)23(32)37-16-18-19(38-24(33)28(4,5)6)20(39-25(34)29(7,8)9)22(40-26(35)30(10,11)12)31(41-18)17-14-13-15-36-21(17)31/h17-22H,13-16H2,1-12H3/t17-,18-,19-,20+,21+,22-,31-/m1/s1. The van der Waals surface area contributed by atoms with Gasteiger partial charge in [0.05, 0.1) is 27.8 Å². The molecule has 41 heavy (non-hydrogen) atoms. The van der Waals surface area contributed by atoms with E-state index >= 15 is 0 Å². The molecule has 0 unspecified atom stereocenters. The highest BCUT2D eigenvalue weighted by Gasteiger charge is 2.79. The van der Waals surface area contributed by atoms with Crippen LogP contribution in [0.2, 0.25) is 0 Å². The first-order valence-electron chi connectivity index (χ1n) is 14.6. The predicted molar refractivity (Wildman–Crippen MR) is 148 cm³/mol. The van der Waals surface area contributed by atoms with Crippen LogP contribution >= 0.6 is 0 Å². The van der Waals surface area contributed by atoms with Gasteiger partial charge in [0, 0.05) is 12.5 Å². The molecule has 0 aromatic carbocycles. The van der Waals surface area contributed by atoms with Crippen LogP contribution in [0.4, 0.5) is 0 Å². The molecule has 2 aliphatic heterocycles. The molecule has 0 bridgehead atoms. The highest BCUT2D eigenvalue weighted by molar-refractivity contribution is 5.78. The van der Waals surface area contributed by atoms with Crippen molar-refractivity contribution in [2.75, 3.05) is 13.2 Å². The summed E-state index contributed by atoms with van der Waals surface area (Å²) < 4.78 is 36.8. The number of ether oxygens (including phenoxy) is 6. The molecule has 3 fully saturated rings. The van der Waals surface area contributed by atoms with Crippen LogP contribution < -0.4 is 0 Å². The monoisotopic (exact) mass is 582 g/mol. The fourth-order valence-corrected chi connectivity index (χ4v) is 4.95. The van der Waals surface area contributed by atoms with Gasteiger partial charge in [-0.2, -0.15) is 0 Å². The van der Waals surface area contributed by atoms with E-state index < -0.39 is 81.7 Å². The SMILES string of the molecule is CC(C)(C)C(=O)OC[C@H]1O[C@@]2([C@@H]3CCCO[C@@H]32)[C@H](OC(=O)C(C)(C)C)[C@@H](OC(=O)C(C)(C)C)[C@@H]1OC(=O)C(C)(C)C. The van der Waals surface area contributed by atoms with Crippen molar-refractivity contribution >= 4 is 23.9 Å². The Kier molecular flexibility index (Phi) is 9.05. The summed E-state index contributed by atoms with van der Waals surface area (Å²) in [5, 5.41) is 0. The average Bonchev–Trinajstić information content (AvgIpc) is 3.46. The Morgan fingerprint density at radius 2 is 1.15 bits per heavy atom. The molecule has 1 spiro atoms. The zero-order valence-corrected chi connectivity index (χ0v) is 26.9. The molecule has 2 saturated heterocycles. The van der Waals surface area contributed by atoms with Crippen molar-refractivity contribution in [1.82, 2.24) is 0 Å².